The van der Waals surface area contributed by atoms with Gasteiger partial charge < -0.3 is 9.84 Å². The van der Waals surface area contributed by atoms with E-state index < -0.39 is 21.7 Å². The van der Waals surface area contributed by atoms with E-state index in [-0.39, 0.29) is 29.3 Å². The lowest BCUT2D eigenvalue weighted by atomic mass is 10.2. The van der Waals surface area contributed by atoms with Crippen LogP contribution in [0.5, 0.6) is 5.75 Å². The number of hydrogen-bond donors (Lipinski definition) is 1. The highest BCUT2D eigenvalue weighted by molar-refractivity contribution is 7.93. The zero-order chi connectivity index (χ0) is 15.9. The number of aromatic nitrogens is 2. The van der Waals surface area contributed by atoms with E-state index in [1.165, 1.54) is 6.20 Å². The van der Waals surface area contributed by atoms with Gasteiger partial charge in [0.15, 0.2) is 17.3 Å². The van der Waals surface area contributed by atoms with Crippen molar-refractivity contribution in [1.29, 1.82) is 0 Å². The summed E-state index contributed by atoms with van der Waals surface area (Å²) in [6.07, 6.45) is 1.91. The minimum atomic E-state index is -3.48. The number of carbonyl (C=O) groups excluding carboxylic acids is 1. The Balaban J connectivity index is 2.34. The lowest BCUT2D eigenvalue weighted by Gasteiger charge is -2.19. The standard InChI is InChI=1S/C13H13N3O5S/c1-21-13(18)10-11(17)9-8(4-2-5-14-9)12(15-10)16-6-3-7-22(16,19)20/h2,4-5,17H,3,6-7H2,1H3. The highest BCUT2D eigenvalue weighted by Crippen LogP contribution is 2.35. The molecule has 1 N–H and O–H groups in total. The molecule has 1 fully saturated rings. The third-order valence-corrected chi connectivity index (χ3v) is 5.26. The number of anilines is 1. The van der Waals surface area contributed by atoms with Crippen LogP contribution in [0.15, 0.2) is 18.3 Å². The van der Waals surface area contributed by atoms with Gasteiger partial charge in [0.25, 0.3) is 0 Å². The summed E-state index contributed by atoms with van der Waals surface area (Å²) in [5.41, 5.74) is -0.249. The van der Waals surface area contributed by atoms with Crippen LogP contribution in [0.3, 0.4) is 0 Å². The van der Waals surface area contributed by atoms with E-state index in [0.29, 0.717) is 11.8 Å². The summed E-state index contributed by atoms with van der Waals surface area (Å²) in [5, 5.41) is 10.5. The molecule has 9 heteroatoms. The average Bonchev–Trinajstić information content (AvgIpc) is 2.86. The number of esters is 1. The molecule has 0 aromatic carbocycles. The molecule has 1 aliphatic heterocycles. The van der Waals surface area contributed by atoms with Crippen molar-refractivity contribution in [1.82, 2.24) is 9.97 Å². The fourth-order valence-electron chi connectivity index (χ4n) is 2.41. The van der Waals surface area contributed by atoms with Gasteiger partial charge in [-0.1, -0.05) is 0 Å². The number of carbonyl (C=O) groups is 1. The van der Waals surface area contributed by atoms with E-state index >= 15 is 0 Å². The molecule has 0 bridgehead atoms. The van der Waals surface area contributed by atoms with E-state index in [1.807, 2.05) is 0 Å². The first kappa shape index (κ1) is 14.5. The van der Waals surface area contributed by atoms with Crippen LogP contribution in [-0.2, 0) is 14.8 Å². The normalized spacial score (nSPS) is 16.9. The Kier molecular flexibility index (Phi) is 3.36. The van der Waals surface area contributed by atoms with E-state index in [9.17, 15) is 18.3 Å². The number of nitrogens with zero attached hydrogens (tertiary/aromatic N) is 3. The van der Waals surface area contributed by atoms with Gasteiger partial charge in [-0.2, -0.15) is 0 Å². The molecule has 0 radical (unpaired) electrons. The summed E-state index contributed by atoms with van der Waals surface area (Å²) in [6.45, 7) is 0.269. The molecular formula is C13H13N3O5S. The molecule has 0 atom stereocenters. The molecule has 0 unspecified atom stereocenters. The maximum atomic E-state index is 12.1. The molecule has 3 heterocycles. The van der Waals surface area contributed by atoms with Gasteiger partial charge >= 0.3 is 5.97 Å². The Bertz CT molecular complexity index is 865. The second kappa shape index (κ2) is 5.09. The van der Waals surface area contributed by atoms with Crippen molar-refractivity contribution >= 4 is 32.7 Å². The molecule has 22 heavy (non-hydrogen) atoms. The second-order valence-corrected chi connectivity index (χ2v) is 6.78. The monoisotopic (exact) mass is 323 g/mol. The van der Waals surface area contributed by atoms with Crippen LogP contribution in [0, 0.1) is 0 Å². The summed E-state index contributed by atoms with van der Waals surface area (Å²) in [5.74, 6) is -1.19. The quantitative estimate of drug-likeness (QED) is 0.808. The summed E-state index contributed by atoms with van der Waals surface area (Å²) >= 11 is 0. The molecule has 0 aliphatic carbocycles. The first-order chi connectivity index (χ1) is 10.5. The van der Waals surface area contributed by atoms with Crippen molar-refractivity contribution in [3.05, 3.63) is 24.0 Å². The fourth-order valence-corrected chi connectivity index (χ4v) is 3.94. The van der Waals surface area contributed by atoms with Gasteiger partial charge in [0.2, 0.25) is 10.0 Å². The molecule has 2 aromatic rings. The minimum Gasteiger partial charge on any atom is -0.504 e. The van der Waals surface area contributed by atoms with Gasteiger partial charge in [-0.15, -0.1) is 0 Å². The van der Waals surface area contributed by atoms with Gasteiger partial charge in [0.1, 0.15) is 5.52 Å². The number of pyridine rings is 2. The Morgan fingerprint density at radius 3 is 2.86 bits per heavy atom. The number of ether oxygens (including phenoxy) is 1. The van der Waals surface area contributed by atoms with Crippen LogP contribution in [0.4, 0.5) is 5.82 Å². The maximum absolute atomic E-state index is 12.1. The Hall–Kier alpha value is -2.42. The first-order valence-corrected chi connectivity index (χ1v) is 8.13. The van der Waals surface area contributed by atoms with Crippen LogP contribution in [0.25, 0.3) is 10.9 Å². The third kappa shape index (κ3) is 2.13. The van der Waals surface area contributed by atoms with Gasteiger partial charge in [-0.25, -0.2) is 18.2 Å². The van der Waals surface area contributed by atoms with Gasteiger partial charge in [-0.05, 0) is 18.6 Å². The Morgan fingerprint density at radius 1 is 1.45 bits per heavy atom. The molecule has 0 spiro atoms. The highest BCUT2D eigenvalue weighted by Gasteiger charge is 2.33. The molecule has 0 amide bonds. The van der Waals surface area contributed by atoms with Crippen LogP contribution in [0.2, 0.25) is 0 Å². The van der Waals surface area contributed by atoms with Gasteiger partial charge in [-0.3, -0.25) is 9.29 Å². The van der Waals surface area contributed by atoms with Crippen molar-refractivity contribution in [3.8, 4) is 5.75 Å². The topological polar surface area (TPSA) is 110 Å². The van der Waals surface area contributed by atoms with Crippen LogP contribution < -0.4 is 4.31 Å². The molecule has 2 aromatic heterocycles. The molecule has 1 aliphatic rings. The van der Waals surface area contributed by atoms with Crippen LogP contribution in [0.1, 0.15) is 16.9 Å². The lowest BCUT2D eigenvalue weighted by molar-refractivity contribution is 0.0591. The van der Waals surface area contributed by atoms with E-state index in [0.717, 1.165) is 11.4 Å². The maximum Gasteiger partial charge on any atom is 0.360 e. The molecule has 3 rings (SSSR count). The van der Waals surface area contributed by atoms with Crippen molar-refractivity contribution in [2.24, 2.45) is 0 Å². The minimum absolute atomic E-state index is 0.0187. The summed E-state index contributed by atoms with van der Waals surface area (Å²) in [4.78, 5) is 19.8. The Morgan fingerprint density at radius 2 is 2.23 bits per heavy atom. The van der Waals surface area contributed by atoms with Gasteiger partial charge in [0, 0.05) is 18.1 Å². The third-order valence-electron chi connectivity index (χ3n) is 3.43. The van der Waals surface area contributed by atoms with E-state index in [2.05, 4.69) is 14.7 Å². The highest BCUT2D eigenvalue weighted by atomic mass is 32.2. The SMILES string of the molecule is COC(=O)c1nc(N2CCCS2(=O)=O)c2cccnc2c1O. The van der Waals surface area contributed by atoms with Crippen molar-refractivity contribution in [2.45, 2.75) is 6.42 Å². The number of hydrogen-bond acceptors (Lipinski definition) is 7. The predicted molar refractivity (Wildman–Crippen MR) is 78.3 cm³/mol. The lowest BCUT2D eigenvalue weighted by Crippen LogP contribution is -2.27. The number of methoxy groups -OCH3 is 1. The predicted octanol–water partition coefficient (Wildman–Crippen LogP) is 0.662. The molecule has 0 saturated carbocycles. The second-order valence-electron chi connectivity index (χ2n) is 4.77. The zero-order valence-corrected chi connectivity index (χ0v) is 12.5. The zero-order valence-electron chi connectivity index (χ0n) is 11.7. The van der Waals surface area contributed by atoms with E-state index in [4.69, 9.17) is 0 Å². The molecule has 1 saturated heterocycles. The van der Waals surface area contributed by atoms with Gasteiger partial charge in [0.05, 0.1) is 12.9 Å². The van der Waals surface area contributed by atoms with Crippen molar-refractivity contribution in [2.75, 3.05) is 23.7 Å². The average molecular weight is 323 g/mol. The molecule has 116 valence electrons. The van der Waals surface area contributed by atoms with E-state index in [1.54, 1.807) is 12.1 Å². The smallest absolute Gasteiger partial charge is 0.360 e. The summed E-state index contributed by atoms with van der Waals surface area (Å²) in [7, 11) is -2.33. The van der Waals surface area contributed by atoms with Crippen LogP contribution >= 0.6 is 0 Å². The molecular weight excluding hydrogens is 310 g/mol. The largest absolute Gasteiger partial charge is 0.504 e. The molecule has 8 nitrogen and oxygen atoms in total. The fraction of sp³-hybridized carbons (Fsp3) is 0.308. The first-order valence-electron chi connectivity index (χ1n) is 6.52. The summed E-state index contributed by atoms with van der Waals surface area (Å²) in [6, 6.07) is 3.20. The van der Waals surface area contributed by atoms with Crippen LogP contribution in [-0.4, -0.2) is 48.9 Å². The number of aromatic hydroxyl groups is 1. The Labute approximate surface area is 126 Å². The van der Waals surface area contributed by atoms with Crippen molar-refractivity contribution < 1.29 is 23.1 Å². The number of rotatable bonds is 2. The van der Waals surface area contributed by atoms with Crippen molar-refractivity contribution in [3.63, 3.8) is 0 Å². The number of fused-ring (bicyclic) bond motifs is 1. The number of sulfonamides is 1. The summed E-state index contributed by atoms with van der Waals surface area (Å²) < 4.78 is 30.0.